The third kappa shape index (κ3) is 7.50. The molecule has 0 spiro atoms. The second-order valence-electron chi connectivity index (χ2n) is 7.53. The second-order valence-corrected chi connectivity index (χ2v) is 9.65. The number of nitrogens with one attached hydrogen (secondary N) is 2. The predicted octanol–water partition coefficient (Wildman–Crippen LogP) is 1.29. The molecule has 4 atom stereocenters. The summed E-state index contributed by atoms with van der Waals surface area (Å²) < 4.78 is 27.1. The summed E-state index contributed by atoms with van der Waals surface area (Å²) >= 11 is 0. The number of aliphatic hydroxyl groups excluding tert-OH is 2. The Labute approximate surface area is 158 Å². The molecule has 4 N–H and O–H groups in total. The van der Waals surface area contributed by atoms with Gasteiger partial charge in [-0.2, -0.15) is 0 Å². The van der Waals surface area contributed by atoms with Gasteiger partial charge in [0.05, 0.1) is 12.1 Å². The lowest BCUT2D eigenvalue weighted by molar-refractivity contribution is -0.121. The summed E-state index contributed by atoms with van der Waals surface area (Å²) in [5, 5.41) is 22.6. The van der Waals surface area contributed by atoms with Crippen LogP contribution in [0.1, 0.15) is 72.1 Å². The van der Waals surface area contributed by atoms with Crippen LogP contribution in [0.15, 0.2) is 0 Å². The van der Waals surface area contributed by atoms with Crippen molar-refractivity contribution in [3.05, 3.63) is 0 Å². The number of unbranched alkanes of at least 4 members (excludes halogenated alkanes) is 1. The van der Waals surface area contributed by atoms with Crippen molar-refractivity contribution in [3.63, 3.8) is 0 Å². The molecule has 0 saturated heterocycles. The van der Waals surface area contributed by atoms with Crippen molar-refractivity contribution >= 4 is 15.9 Å². The molecule has 0 aromatic carbocycles. The van der Waals surface area contributed by atoms with Crippen LogP contribution >= 0.6 is 0 Å². The minimum absolute atomic E-state index is 0.298. The van der Waals surface area contributed by atoms with Gasteiger partial charge in [0.1, 0.15) is 11.4 Å². The fraction of sp³-hybridized carbons (Fsp3) is 0.944. The van der Waals surface area contributed by atoms with E-state index in [9.17, 15) is 23.4 Å². The van der Waals surface area contributed by atoms with Crippen LogP contribution in [0.2, 0.25) is 0 Å². The summed E-state index contributed by atoms with van der Waals surface area (Å²) in [5.74, 6) is 0.0747. The Morgan fingerprint density at radius 2 is 1.77 bits per heavy atom. The highest BCUT2D eigenvalue weighted by Crippen LogP contribution is 2.29. The van der Waals surface area contributed by atoms with E-state index in [0.29, 0.717) is 25.3 Å². The van der Waals surface area contributed by atoms with Crippen LogP contribution in [0.5, 0.6) is 0 Å². The Morgan fingerprint density at radius 1 is 1.15 bits per heavy atom. The van der Waals surface area contributed by atoms with E-state index >= 15 is 0 Å². The SMILES string of the molecule is CCCCNS(=O)(=O)C(C)C(O)[C@H](O)[C@H](CC1CCCCC1)NC(C)=O. The van der Waals surface area contributed by atoms with Gasteiger partial charge >= 0.3 is 0 Å². The quantitative estimate of drug-likeness (QED) is 0.396. The van der Waals surface area contributed by atoms with E-state index in [0.717, 1.165) is 32.1 Å². The van der Waals surface area contributed by atoms with E-state index in [1.165, 1.54) is 20.3 Å². The van der Waals surface area contributed by atoms with Gasteiger partial charge in [0.25, 0.3) is 0 Å². The predicted molar refractivity (Wildman–Crippen MR) is 102 cm³/mol. The second kappa shape index (κ2) is 11.2. The van der Waals surface area contributed by atoms with Crippen molar-refractivity contribution < 1.29 is 23.4 Å². The van der Waals surface area contributed by atoms with Gasteiger partial charge < -0.3 is 15.5 Å². The third-order valence-electron chi connectivity index (χ3n) is 5.27. The van der Waals surface area contributed by atoms with Crippen molar-refractivity contribution in [3.8, 4) is 0 Å². The van der Waals surface area contributed by atoms with Gasteiger partial charge in [0.15, 0.2) is 0 Å². The molecule has 0 bridgehead atoms. The van der Waals surface area contributed by atoms with Crippen LogP contribution in [0, 0.1) is 5.92 Å². The summed E-state index contributed by atoms with van der Waals surface area (Å²) in [4.78, 5) is 11.5. The summed E-state index contributed by atoms with van der Waals surface area (Å²) in [6.07, 6.45) is 4.82. The highest BCUT2D eigenvalue weighted by molar-refractivity contribution is 7.90. The molecule has 154 valence electrons. The summed E-state index contributed by atoms with van der Waals surface area (Å²) in [5.41, 5.74) is 0. The first-order valence-electron chi connectivity index (χ1n) is 9.80. The fourth-order valence-electron chi connectivity index (χ4n) is 3.55. The first kappa shape index (κ1) is 23.3. The van der Waals surface area contributed by atoms with E-state index in [1.807, 2.05) is 6.92 Å². The maximum atomic E-state index is 12.3. The zero-order chi connectivity index (χ0) is 19.7. The Balaban J connectivity index is 2.76. The molecule has 0 heterocycles. The molecule has 7 nitrogen and oxygen atoms in total. The lowest BCUT2D eigenvalue weighted by Crippen LogP contribution is -2.54. The summed E-state index contributed by atoms with van der Waals surface area (Å²) in [7, 11) is -3.74. The van der Waals surface area contributed by atoms with E-state index in [4.69, 9.17) is 0 Å². The van der Waals surface area contributed by atoms with Crippen LogP contribution in [0.25, 0.3) is 0 Å². The molecule has 1 saturated carbocycles. The molecule has 0 aromatic heterocycles. The number of carbonyl (C=O) groups excluding carboxylic acids is 1. The first-order valence-corrected chi connectivity index (χ1v) is 11.3. The highest BCUT2D eigenvalue weighted by Gasteiger charge is 2.37. The van der Waals surface area contributed by atoms with Crippen LogP contribution in [-0.4, -0.2) is 54.6 Å². The zero-order valence-electron chi connectivity index (χ0n) is 16.3. The number of carbonyl (C=O) groups is 1. The third-order valence-corrected chi connectivity index (χ3v) is 7.13. The first-order chi connectivity index (χ1) is 12.2. The molecule has 1 amide bonds. The molecule has 0 aromatic rings. The summed E-state index contributed by atoms with van der Waals surface area (Å²) in [6, 6.07) is -0.654. The molecule has 0 radical (unpaired) electrons. The number of hydrogen-bond donors (Lipinski definition) is 4. The number of amides is 1. The maximum Gasteiger partial charge on any atom is 0.217 e. The van der Waals surface area contributed by atoms with E-state index in [1.54, 1.807) is 0 Å². The largest absolute Gasteiger partial charge is 0.389 e. The molecule has 1 aliphatic carbocycles. The van der Waals surface area contributed by atoms with Gasteiger partial charge in [-0.15, -0.1) is 0 Å². The number of sulfonamides is 1. The normalized spacial score (nSPS) is 21.0. The van der Waals surface area contributed by atoms with Crippen molar-refractivity contribution in [2.24, 2.45) is 5.92 Å². The van der Waals surface area contributed by atoms with Gasteiger partial charge in [-0.25, -0.2) is 13.1 Å². The average molecular weight is 393 g/mol. The van der Waals surface area contributed by atoms with Crippen molar-refractivity contribution in [1.29, 1.82) is 0 Å². The molecule has 0 aliphatic heterocycles. The Kier molecular flexibility index (Phi) is 10.1. The van der Waals surface area contributed by atoms with Gasteiger partial charge in [-0.05, 0) is 25.7 Å². The minimum Gasteiger partial charge on any atom is -0.389 e. The smallest absolute Gasteiger partial charge is 0.217 e. The topological polar surface area (TPSA) is 116 Å². The molecule has 8 heteroatoms. The molecule has 1 fully saturated rings. The van der Waals surface area contributed by atoms with Crippen LogP contribution < -0.4 is 10.0 Å². The molecule has 1 rings (SSSR count). The van der Waals surface area contributed by atoms with Crippen molar-refractivity contribution in [1.82, 2.24) is 10.0 Å². The Morgan fingerprint density at radius 3 is 2.31 bits per heavy atom. The van der Waals surface area contributed by atoms with Gasteiger partial charge in [-0.3, -0.25) is 4.79 Å². The Bertz CT molecular complexity index is 520. The molecule has 2 unspecified atom stereocenters. The molecule has 1 aliphatic rings. The minimum atomic E-state index is -3.74. The van der Waals surface area contributed by atoms with E-state index < -0.39 is 33.5 Å². The van der Waals surface area contributed by atoms with Crippen LogP contribution in [0.4, 0.5) is 0 Å². The molecular weight excluding hydrogens is 356 g/mol. The number of hydrogen-bond acceptors (Lipinski definition) is 5. The van der Waals surface area contributed by atoms with Crippen molar-refractivity contribution in [2.75, 3.05) is 6.54 Å². The Hall–Kier alpha value is -0.700. The van der Waals surface area contributed by atoms with Gasteiger partial charge in [-0.1, -0.05) is 45.4 Å². The standard InChI is InChI=1S/C18H36N2O5S/c1-4-5-11-19-26(24,25)13(2)17(22)18(23)16(20-14(3)21)12-15-9-7-6-8-10-15/h13,15-19,22-23H,4-12H2,1-3H3,(H,20,21)/t13?,16-,17?,18+/m0/s1. The van der Waals surface area contributed by atoms with Crippen LogP contribution in [0.3, 0.4) is 0 Å². The zero-order valence-corrected chi connectivity index (χ0v) is 17.1. The lowest BCUT2D eigenvalue weighted by Gasteiger charge is -2.33. The lowest BCUT2D eigenvalue weighted by atomic mass is 9.83. The highest BCUT2D eigenvalue weighted by atomic mass is 32.2. The number of aliphatic hydroxyl groups is 2. The number of rotatable bonds is 11. The fourth-order valence-corrected chi connectivity index (χ4v) is 4.77. The maximum absolute atomic E-state index is 12.3. The van der Waals surface area contributed by atoms with E-state index in [-0.39, 0.29) is 5.91 Å². The molecule has 26 heavy (non-hydrogen) atoms. The van der Waals surface area contributed by atoms with E-state index in [2.05, 4.69) is 10.0 Å². The van der Waals surface area contributed by atoms with Gasteiger partial charge in [0.2, 0.25) is 15.9 Å². The average Bonchev–Trinajstić information content (AvgIpc) is 2.60. The van der Waals surface area contributed by atoms with Crippen molar-refractivity contribution in [2.45, 2.75) is 95.6 Å². The van der Waals surface area contributed by atoms with Gasteiger partial charge in [0, 0.05) is 13.5 Å². The molecular formula is C18H36N2O5S. The van der Waals surface area contributed by atoms with Crippen LogP contribution in [-0.2, 0) is 14.8 Å². The summed E-state index contributed by atoms with van der Waals surface area (Å²) in [6.45, 7) is 5.01. The monoisotopic (exact) mass is 392 g/mol.